The molecule has 128 valence electrons. The molecule has 3 rings (SSSR count). The molecule has 1 aliphatic heterocycles. The maximum Gasteiger partial charge on any atom is 0.120 e. The van der Waals surface area contributed by atoms with E-state index in [0.717, 1.165) is 37.8 Å². The van der Waals surface area contributed by atoms with E-state index in [2.05, 4.69) is 60.0 Å². The number of ether oxygens (including phenoxy) is 1. The third-order valence-electron chi connectivity index (χ3n) is 4.77. The molecule has 0 atom stereocenters. The molecular weight excluding hydrogens is 296 g/mol. The van der Waals surface area contributed by atoms with Crippen LogP contribution < -0.4 is 15.4 Å². The minimum atomic E-state index is 0.624. The summed E-state index contributed by atoms with van der Waals surface area (Å²) in [4.78, 5) is 0. The van der Waals surface area contributed by atoms with Gasteiger partial charge < -0.3 is 15.4 Å². The normalized spacial score (nSPS) is 15.4. The maximum absolute atomic E-state index is 5.97. The summed E-state index contributed by atoms with van der Waals surface area (Å²) in [7, 11) is 0. The lowest BCUT2D eigenvalue weighted by atomic mass is 9.98. The van der Waals surface area contributed by atoms with Crippen molar-refractivity contribution in [3.05, 3.63) is 65.2 Å². The molecule has 24 heavy (non-hydrogen) atoms. The number of piperidine rings is 1. The minimum absolute atomic E-state index is 0.624. The molecule has 1 aliphatic rings. The fraction of sp³-hybridized carbons (Fsp3) is 0.429. The summed E-state index contributed by atoms with van der Waals surface area (Å²) in [6.07, 6.45) is 2.57. The van der Waals surface area contributed by atoms with E-state index in [1.807, 2.05) is 6.07 Å². The van der Waals surface area contributed by atoms with E-state index in [1.165, 1.54) is 29.5 Å². The van der Waals surface area contributed by atoms with Crippen molar-refractivity contribution >= 4 is 0 Å². The van der Waals surface area contributed by atoms with Crippen LogP contribution in [0.5, 0.6) is 5.75 Å². The Morgan fingerprint density at radius 1 is 1.08 bits per heavy atom. The zero-order chi connectivity index (χ0) is 16.6. The van der Waals surface area contributed by atoms with E-state index in [4.69, 9.17) is 4.74 Å². The number of aryl methyl sites for hydroxylation is 1. The van der Waals surface area contributed by atoms with Gasteiger partial charge in [0.1, 0.15) is 12.4 Å². The first-order chi connectivity index (χ1) is 11.8. The molecule has 2 aromatic rings. The van der Waals surface area contributed by atoms with Crippen LogP contribution in [-0.4, -0.2) is 19.6 Å². The van der Waals surface area contributed by atoms with Gasteiger partial charge in [-0.3, -0.25) is 0 Å². The van der Waals surface area contributed by atoms with Crippen molar-refractivity contribution in [3.63, 3.8) is 0 Å². The first kappa shape index (κ1) is 17.0. The van der Waals surface area contributed by atoms with E-state index in [0.29, 0.717) is 6.61 Å². The van der Waals surface area contributed by atoms with Gasteiger partial charge in [0.2, 0.25) is 0 Å². The highest BCUT2D eigenvalue weighted by atomic mass is 16.5. The monoisotopic (exact) mass is 324 g/mol. The molecule has 0 amide bonds. The van der Waals surface area contributed by atoms with Crippen molar-refractivity contribution in [3.8, 4) is 5.75 Å². The maximum atomic E-state index is 5.97. The van der Waals surface area contributed by atoms with Crippen molar-refractivity contribution in [1.82, 2.24) is 10.6 Å². The zero-order valence-corrected chi connectivity index (χ0v) is 14.6. The molecular formula is C21H28N2O. The molecule has 0 saturated carbocycles. The molecule has 2 aromatic carbocycles. The van der Waals surface area contributed by atoms with Gasteiger partial charge in [0, 0.05) is 6.54 Å². The standard InChI is InChI=1S/C21H28N2O/c1-17-5-2-3-7-20(17)16-24-21-8-4-6-19(13-21)15-23-14-18-9-11-22-12-10-18/h2-8,13,18,22-23H,9-12,14-16H2,1H3. The molecule has 1 heterocycles. The quantitative estimate of drug-likeness (QED) is 0.815. The van der Waals surface area contributed by atoms with Gasteiger partial charge in [-0.2, -0.15) is 0 Å². The summed E-state index contributed by atoms with van der Waals surface area (Å²) in [6, 6.07) is 16.8. The Bertz CT molecular complexity index is 635. The van der Waals surface area contributed by atoms with Gasteiger partial charge in [0.25, 0.3) is 0 Å². The van der Waals surface area contributed by atoms with Gasteiger partial charge in [-0.1, -0.05) is 36.4 Å². The third-order valence-corrected chi connectivity index (χ3v) is 4.77. The molecule has 1 saturated heterocycles. The second-order valence-corrected chi connectivity index (χ2v) is 6.69. The Kier molecular flexibility index (Phi) is 6.27. The van der Waals surface area contributed by atoms with Crippen LogP contribution in [-0.2, 0) is 13.2 Å². The lowest BCUT2D eigenvalue weighted by Gasteiger charge is -2.22. The van der Waals surface area contributed by atoms with Crippen LogP contribution in [0.2, 0.25) is 0 Å². The smallest absolute Gasteiger partial charge is 0.120 e. The topological polar surface area (TPSA) is 33.3 Å². The summed E-state index contributed by atoms with van der Waals surface area (Å²) in [5, 5.41) is 7.02. The fourth-order valence-electron chi connectivity index (χ4n) is 3.18. The molecule has 3 nitrogen and oxygen atoms in total. The van der Waals surface area contributed by atoms with Crippen molar-refractivity contribution in [2.24, 2.45) is 5.92 Å². The molecule has 0 spiro atoms. The molecule has 0 aliphatic carbocycles. The Balaban J connectivity index is 1.47. The molecule has 0 bridgehead atoms. The predicted octanol–water partition coefficient (Wildman–Crippen LogP) is 3.66. The van der Waals surface area contributed by atoms with Crippen LogP contribution in [0.25, 0.3) is 0 Å². The van der Waals surface area contributed by atoms with Gasteiger partial charge in [-0.25, -0.2) is 0 Å². The summed E-state index contributed by atoms with van der Waals surface area (Å²) in [5.41, 5.74) is 3.80. The van der Waals surface area contributed by atoms with E-state index >= 15 is 0 Å². The Hall–Kier alpha value is -1.84. The van der Waals surface area contributed by atoms with Crippen LogP contribution in [0.1, 0.15) is 29.5 Å². The Morgan fingerprint density at radius 2 is 1.92 bits per heavy atom. The Morgan fingerprint density at radius 3 is 2.75 bits per heavy atom. The molecule has 0 unspecified atom stereocenters. The second kappa shape index (κ2) is 8.86. The molecule has 2 N–H and O–H groups in total. The molecule has 0 aromatic heterocycles. The lowest BCUT2D eigenvalue weighted by molar-refractivity contribution is 0.305. The molecule has 1 fully saturated rings. The summed E-state index contributed by atoms with van der Waals surface area (Å²) in [5.74, 6) is 1.76. The van der Waals surface area contributed by atoms with E-state index in [9.17, 15) is 0 Å². The molecule has 3 heteroatoms. The lowest BCUT2D eigenvalue weighted by Crippen LogP contribution is -2.33. The van der Waals surface area contributed by atoms with Gasteiger partial charge in [-0.15, -0.1) is 0 Å². The largest absolute Gasteiger partial charge is 0.489 e. The fourth-order valence-corrected chi connectivity index (χ4v) is 3.18. The van der Waals surface area contributed by atoms with Crippen molar-refractivity contribution in [2.75, 3.05) is 19.6 Å². The SMILES string of the molecule is Cc1ccccc1COc1cccc(CNCC2CCNCC2)c1. The van der Waals surface area contributed by atoms with Crippen LogP contribution >= 0.6 is 0 Å². The van der Waals surface area contributed by atoms with Crippen molar-refractivity contribution in [2.45, 2.75) is 32.9 Å². The number of hydrogen-bond acceptors (Lipinski definition) is 3. The van der Waals surface area contributed by atoms with Crippen LogP contribution in [0.15, 0.2) is 48.5 Å². The van der Waals surface area contributed by atoms with Gasteiger partial charge in [-0.05, 0) is 74.1 Å². The van der Waals surface area contributed by atoms with Gasteiger partial charge in [0.15, 0.2) is 0 Å². The van der Waals surface area contributed by atoms with E-state index in [1.54, 1.807) is 0 Å². The van der Waals surface area contributed by atoms with E-state index in [-0.39, 0.29) is 0 Å². The van der Waals surface area contributed by atoms with Crippen LogP contribution in [0.3, 0.4) is 0 Å². The summed E-state index contributed by atoms with van der Waals surface area (Å²) < 4.78 is 5.97. The number of benzene rings is 2. The predicted molar refractivity (Wildman–Crippen MR) is 99.3 cm³/mol. The Labute approximate surface area is 145 Å². The van der Waals surface area contributed by atoms with Crippen LogP contribution in [0, 0.1) is 12.8 Å². The highest BCUT2D eigenvalue weighted by Crippen LogP contribution is 2.17. The third kappa shape index (κ3) is 5.08. The average Bonchev–Trinajstić information content (AvgIpc) is 2.62. The highest BCUT2D eigenvalue weighted by molar-refractivity contribution is 5.30. The van der Waals surface area contributed by atoms with E-state index < -0.39 is 0 Å². The highest BCUT2D eigenvalue weighted by Gasteiger charge is 2.12. The van der Waals surface area contributed by atoms with Gasteiger partial charge >= 0.3 is 0 Å². The first-order valence-corrected chi connectivity index (χ1v) is 8.99. The minimum Gasteiger partial charge on any atom is -0.489 e. The van der Waals surface area contributed by atoms with Crippen LogP contribution in [0.4, 0.5) is 0 Å². The number of nitrogens with one attached hydrogen (secondary N) is 2. The summed E-state index contributed by atoms with van der Waals surface area (Å²) in [6.45, 7) is 7.09. The average molecular weight is 324 g/mol. The second-order valence-electron chi connectivity index (χ2n) is 6.69. The molecule has 0 radical (unpaired) electrons. The summed E-state index contributed by atoms with van der Waals surface area (Å²) >= 11 is 0. The zero-order valence-electron chi connectivity index (χ0n) is 14.6. The first-order valence-electron chi connectivity index (χ1n) is 8.99. The van der Waals surface area contributed by atoms with Gasteiger partial charge in [0.05, 0.1) is 0 Å². The number of hydrogen-bond donors (Lipinski definition) is 2. The van der Waals surface area contributed by atoms with Crippen molar-refractivity contribution in [1.29, 1.82) is 0 Å². The number of rotatable bonds is 7. The van der Waals surface area contributed by atoms with Crippen molar-refractivity contribution < 1.29 is 4.74 Å².